The quantitative estimate of drug-likeness (QED) is 0.493. The first-order valence-electron chi connectivity index (χ1n) is 11.9. The van der Waals surface area contributed by atoms with Gasteiger partial charge in [0.15, 0.2) is 0 Å². The molecule has 6 heteroatoms. The third kappa shape index (κ3) is 7.81. The fourth-order valence-corrected chi connectivity index (χ4v) is 5.18. The third-order valence-corrected chi connectivity index (χ3v) is 7.18. The van der Waals surface area contributed by atoms with Gasteiger partial charge in [-0.05, 0) is 42.5 Å². The SMILES string of the molecule is CC[C@H](C(=O)NC1CCCCC1)N(Cc1ccccc1)C(=O)CSCc1ccc(OC)cc1. The van der Waals surface area contributed by atoms with Crippen molar-refractivity contribution in [3.8, 4) is 5.75 Å². The number of methoxy groups -OCH3 is 1. The van der Waals surface area contributed by atoms with Gasteiger partial charge in [-0.15, -0.1) is 11.8 Å². The summed E-state index contributed by atoms with van der Waals surface area (Å²) >= 11 is 1.58. The number of ether oxygens (including phenoxy) is 1. The lowest BCUT2D eigenvalue weighted by molar-refractivity contribution is -0.139. The lowest BCUT2D eigenvalue weighted by atomic mass is 9.95. The van der Waals surface area contributed by atoms with E-state index in [0.29, 0.717) is 18.7 Å². The van der Waals surface area contributed by atoms with Crippen molar-refractivity contribution in [2.75, 3.05) is 12.9 Å². The molecule has 0 spiro atoms. The molecule has 178 valence electrons. The molecular weight excluding hydrogens is 432 g/mol. The molecule has 5 nitrogen and oxygen atoms in total. The summed E-state index contributed by atoms with van der Waals surface area (Å²) in [6, 6.07) is 17.6. The van der Waals surface area contributed by atoms with E-state index in [2.05, 4.69) is 5.32 Å². The number of thioether (sulfide) groups is 1. The molecule has 1 aliphatic rings. The van der Waals surface area contributed by atoms with Crippen molar-refractivity contribution in [3.05, 3.63) is 65.7 Å². The van der Waals surface area contributed by atoms with Gasteiger partial charge in [-0.1, -0.05) is 68.7 Å². The fraction of sp³-hybridized carbons (Fsp3) is 0.481. The minimum atomic E-state index is -0.457. The molecule has 0 heterocycles. The van der Waals surface area contributed by atoms with Crippen molar-refractivity contribution in [3.63, 3.8) is 0 Å². The van der Waals surface area contributed by atoms with Gasteiger partial charge in [0.1, 0.15) is 11.8 Å². The first-order valence-corrected chi connectivity index (χ1v) is 13.1. The fourth-order valence-electron chi connectivity index (χ4n) is 4.30. The van der Waals surface area contributed by atoms with Gasteiger partial charge < -0.3 is 15.0 Å². The average molecular weight is 469 g/mol. The van der Waals surface area contributed by atoms with Gasteiger partial charge in [-0.3, -0.25) is 9.59 Å². The van der Waals surface area contributed by atoms with Crippen LogP contribution in [0.15, 0.2) is 54.6 Å². The monoisotopic (exact) mass is 468 g/mol. The van der Waals surface area contributed by atoms with Crippen LogP contribution in [0.1, 0.15) is 56.6 Å². The molecule has 0 unspecified atom stereocenters. The minimum Gasteiger partial charge on any atom is -0.497 e. The summed E-state index contributed by atoms with van der Waals surface area (Å²) in [6.45, 7) is 2.43. The number of nitrogens with zero attached hydrogens (tertiary/aromatic N) is 1. The molecule has 2 aromatic rings. The lowest BCUT2D eigenvalue weighted by Gasteiger charge is -2.32. The zero-order valence-electron chi connectivity index (χ0n) is 19.8. The predicted molar refractivity (Wildman–Crippen MR) is 135 cm³/mol. The number of hydrogen-bond acceptors (Lipinski definition) is 4. The van der Waals surface area contributed by atoms with Crippen molar-refractivity contribution in [1.82, 2.24) is 10.2 Å². The number of benzene rings is 2. The van der Waals surface area contributed by atoms with Gasteiger partial charge in [0.05, 0.1) is 12.9 Å². The Labute approximate surface area is 202 Å². The largest absolute Gasteiger partial charge is 0.497 e. The predicted octanol–water partition coefficient (Wildman–Crippen LogP) is 5.18. The molecule has 1 saturated carbocycles. The second-order valence-corrected chi connectivity index (χ2v) is 9.60. The molecular formula is C27H36N2O3S. The first kappa shape index (κ1) is 25.2. The molecule has 0 radical (unpaired) electrons. The second kappa shape index (κ2) is 13.3. The van der Waals surface area contributed by atoms with Gasteiger partial charge in [0, 0.05) is 18.3 Å². The summed E-state index contributed by atoms with van der Waals surface area (Å²) in [7, 11) is 1.65. The highest BCUT2D eigenvalue weighted by molar-refractivity contribution is 7.99. The Kier molecular flexibility index (Phi) is 10.1. The van der Waals surface area contributed by atoms with Crippen molar-refractivity contribution < 1.29 is 14.3 Å². The molecule has 0 saturated heterocycles. The van der Waals surface area contributed by atoms with E-state index in [4.69, 9.17) is 4.74 Å². The van der Waals surface area contributed by atoms with Crippen LogP contribution < -0.4 is 10.1 Å². The van der Waals surface area contributed by atoms with Crippen LogP contribution in [-0.4, -0.2) is 41.7 Å². The molecule has 1 aliphatic carbocycles. The highest BCUT2D eigenvalue weighted by Crippen LogP contribution is 2.21. The van der Waals surface area contributed by atoms with Crippen LogP contribution >= 0.6 is 11.8 Å². The van der Waals surface area contributed by atoms with Crippen molar-refractivity contribution in [1.29, 1.82) is 0 Å². The molecule has 0 aliphatic heterocycles. The number of carbonyl (C=O) groups excluding carboxylic acids is 2. The van der Waals surface area contributed by atoms with Crippen molar-refractivity contribution >= 4 is 23.6 Å². The third-order valence-electron chi connectivity index (χ3n) is 6.19. The maximum atomic E-state index is 13.3. The molecule has 2 amide bonds. The zero-order valence-corrected chi connectivity index (χ0v) is 20.6. The van der Waals surface area contributed by atoms with E-state index in [9.17, 15) is 9.59 Å². The van der Waals surface area contributed by atoms with Crippen LogP contribution in [0.3, 0.4) is 0 Å². The smallest absolute Gasteiger partial charge is 0.243 e. The number of nitrogens with one attached hydrogen (secondary N) is 1. The van der Waals surface area contributed by atoms with E-state index in [1.54, 1.807) is 23.8 Å². The summed E-state index contributed by atoms with van der Waals surface area (Å²) in [4.78, 5) is 28.3. The van der Waals surface area contributed by atoms with Crippen LogP contribution in [0.4, 0.5) is 0 Å². The molecule has 0 bridgehead atoms. The molecule has 1 fully saturated rings. The number of hydrogen-bond donors (Lipinski definition) is 1. The lowest BCUT2D eigenvalue weighted by Crippen LogP contribution is -2.52. The van der Waals surface area contributed by atoms with Crippen molar-refractivity contribution in [2.24, 2.45) is 0 Å². The number of carbonyl (C=O) groups is 2. The van der Waals surface area contributed by atoms with E-state index < -0.39 is 6.04 Å². The van der Waals surface area contributed by atoms with Crippen LogP contribution in [-0.2, 0) is 21.9 Å². The van der Waals surface area contributed by atoms with Crippen molar-refractivity contribution in [2.45, 2.75) is 69.8 Å². The van der Waals surface area contributed by atoms with E-state index >= 15 is 0 Å². The Bertz CT molecular complexity index is 867. The van der Waals surface area contributed by atoms with Crippen LogP contribution in [0.25, 0.3) is 0 Å². The van der Waals surface area contributed by atoms with Crippen LogP contribution in [0.5, 0.6) is 5.75 Å². The molecule has 0 aromatic heterocycles. The molecule has 2 aromatic carbocycles. The van der Waals surface area contributed by atoms with Gasteiger partial charge >= 0.3 is 0 Å². The maximum Gasteiger partial charge on any atom is 0.243 e. The first-order chi connectivity index (χ1) is 16.1. The Morgan fingerprint density at radius 1 is 1.03 bits per heavy atom. The average Bonchev–Trinajstić information content (AvgIpc) is 2.85. The molecule has 33 heavy (non-hydrogen) atoms. The van der Waals surface area contributed by atoms with E-state index in [1.807, 2.05) is 61.5 Å². The van der Waals surface area contributed by atoms with Gasteiger partial charge in [0.2, 0.25) is 11.8 Å². The maximum absolute atomic E-state index is 13.3. The Morgan fingerprint density at radius 3 is 2.36 bits per heavy atom. The van der Waals surface area contributed by atoms with Crippen LogP contribution in [0, 0.1) is 0 Å². The zero-order chi connectivity index (χ0) is 23.5. The molecule has 1 N–H and O–H groups in total. The summed E-state index contributed by atoms with van der Waals surface area (Å²) in [5, 5.41) is 3.23. The van der Waals surface area contributed by atoms with Crippen LogP contribution in [0.2, 0.25) is 0 Å². The molecule has 1 atom stereocenters. The Hall–Kier alpha value is -2.47. The molecule has 3 rings (SSSR count). The summed E-state index contributed by atoms with van der Waals surface area (Å²) in [6.07, 6.45) is 6.24. The van der Waals surface area contributed by atoms with Gasteiger partial charge in [0.25, 0.3) is 0 Å². The van der Waals surface area contributed by atoms with E-state index in [0.717, 1.165) is 48.3 Å². The highest BCUT2D eigenvalue weighted by Gasteiger charge is 2.30. The normalized spacial score (nSPS) is 15.0. The standard InChI is InChI=1S/C27H36N2O3S/c1-3-25(27(31)28-23-12-8-5-9-13-23)29(18-21-10-6-4-7-11-21)26(30)20-33-19-22-14-16-24(32-2)17-15-22/h4,6-7,10-11,14-17,23,25H,3,5,8-9,12-13,18-20H2,1-2H3,(H,28,31)/t25-/m1/s1. The Balaban J connectivity index is 1.65. The van der Waals surface area contributed by atoms with E-state index in [-0.39, 0.29) is 17.9 Å². The number of rotatable bonds is 11. The minimum absolute atomic E-state index is 0.00279. The van der Waals surface area contributed by atoms with E-state index in [1.165, 1.54) is 6.42 Å². The summed E-state index contributed by atoms with van der Waals surface area (Å²) in [5.41, 5.74) is 2.18. The Morgan fingerprint density at radius 2 is 1.73 bits per heavy atom. The second-order valence-electron chi connectivity index (χ2n) is 8.62. The van der Waals surface area contributed by atoms with Gasteiger partial charge in [-0.2, -0.15) is 0 Å². The summed E-state index contributed by atoms with van der Waals surface area (Å²) in [5.74, 6) is 1.88. The van der Waals surface area contributed by atoms with Gasteiger partial charge in [-0.25, -0.2) is 0 Å². The highest BCUT2D eigenvalue weighted by atomic mass is 32.2. The number of amides is 2. The summed E-state index contributed by atoms with van der Waals surface area (Å²) < 4.78 is 5.21. The topological polar surface area (TPSA) is 58.6 Å².